The van der Waals surface area contributed by atoms with Crippen LogP contribution in [0.15, 0.2) is 0 Å². The molecule has 1 rings (SSSR count). The molecule has 0 unspecified atom stereocenters. The average Bonchev–Trinajstić information content (AvgIpc) is 2.53. The van der Waals surface area contributed by atoms with E-state index in [1.165, 1.54) is 0 Å². The first-order valence-electron chi connectivity index (χ1n) is 7.16. The van der Waals surface area contributed by atoms with Crippen LogP contribution in [0.3, 0.4) is 0 Å². The molecule has 0 aromatic heterocycles. The molecule has 8 heteroatoms. The molecule has 0 aliphatic rings. The highest BCUT2D eigenvalue weighted by Crippen LogP contribution is 2.45. The molecule has 0 aliphatic heterocycles. The average molecular weight is 342 g/mol. The summed E-state index contributed by atoms with van der Waals surface area (Å²) in [6.45, 7) is 8.91. The minimum Gasteiger partial charge on any atom is -0.267 e. The Labute approximate surface area is 128 Å². The molecule has 0 saturated carbocycles. The van der Waals surface area contributed by atoms with Crippen molar-refractivity contribution in [2.45, 2.75) is 27.7 Å². The zero-order chi connectivity index (χ0) is 17.0. The van der Waals surface area contributed by atoms with Crippen molar-refractivity contribution >= 4 is 13.5 Å². The maximum atomic E-state index is 14.2. The summed E-state index contributed by atoms with van der Waals surface area (Å²) in [5, 5.41) is -0.723. The third-order valence-electron chi connectivity index (χ3n) is 3.38. The van der Waals surface area contributed by atoms with Crippen LogP contribution in [0, 0.1) is 29.1 Å². The number of nitrogens with zero attached hydrogens (tertiary/aromatic N) is 2. The van der Waals surface area contributed by atoms with Crippen LogP contribution < -0.4 is 5.30 Å². The van der Waals surface area contributed by atoms with Crippen LogP contribution >= 0.6 is 8.22 Å². The Morgan fingerprint density at radius 1 is 0.591 bits per heavy atom. The van der Waals surface area contributed by atoms with E-state index in [1.54, 1.807) is 37.0 Å². The summed E-state index contributed by atoms with van der Waals surface area (Å²) in [6, 6.07) is 0. The number of halogens is 5. The molecule has 1 aromatic carbocycles. The topological polar surface area (TPSA) is 6.48 Å². The van der Waals surface area contributed by atoms with Crippen LogP contribution in [0.25, 0.3) is 0 Å². The van der Waals surface area contributed by atoms with Gasteiger partial charge in [-0.25, -0.2) is 22.0 Å². The van der Waals surface area contributed by atoms with Crippen molar-refractivity contribution in [3.8, 4) is 0 Å². The van der Waals surface area contributed by atoms with Crippen LogP contribution in [-0.2, 0) is 0 Å². The molecule has 0 spiro atoms. The predicted octanol–water partition coefficient (Wildman–Crippen LogP) is 4.00. The van der Waals surface area contributed by atoms with Crippen LogP contribution in [0.4, 0.5) is 22.0 Å². The summed E-state index contributed by atoms with van der Waals surface area (Å²) in [7, 11) is -1.80. The normalized spacial score (nSPS) is 12.0. The van der Waals surface area contributed by atoms with E-state index in [4.69, 9.17) is 0 Å². The molecule has 0 radical (unpaired) electrons. The van der Waals surface area contributed by atoms with Gasteiger partial charge < -0.3 is 0 Å². The van der Waals surface area contributed by atoms with Gasteiger partial charge in [-0.05, 0) is 0 Å². The fraction of sp³-hybridized carbons (Fsp3) is 0.571. The smallest absolute Gasteiger partial charge is 0.200 e. The molecule has 0 amide bonds. The highest BCUT2D eigenvalue weighted by Gasteiger charge is 2.35. The SMILES string of the molecule is CCN(CC)P(c1c(F)c(F)c(F)c(F)c1F)N(CC)CC. The molecule has 0 saturated heterocycles. The van der Waals surface area contributed by atoms with Gasteiger partial charge >= 0.3 is 0 Å². The van der Waals surface area contributed by atoms with Gasteiger partial charge in [0.05, 0.1) is 13.5 Å². The first-order valence-corrected chi connectivity index (χ1v) is 8.41. The van der Waals surface area contributed by atoms with Crippen LogP contribution in [0.1, 0.15) is 27.7 Å². The summed E-state index contributed by atoms with van der Waals surface area (Å²) in [5.74, 6) is -9.36. The molecule has 0 fully saturated rings. The Bertz CT molecular complexity index is 477. The van der Waals surface area contributed by atoms with Crippen molar-refractivity contribution in [3.05, 3.63) is 29.1 Å². The van der Waals surface area contributed by atoms with Crippen LogP contribution in [0.5, 0.6) is 0 Å². The second-order valence-electron chi connectivity index (χ2n) is 4.49. The van der Waals surface area contributed by atoms with Gasteiger partial charge in [0.2, 0.25) is 5.82 Å². The van der Waals surface area contributed by atoms with Gasteiger partial charge in [-0.3, -0.25) is 9.34 Å². The fourth-order valence-corrected chi connectivity index (χ4v) is 4.76. The van der Waals surface area contributed by atoms with Gasteiger partial charge in [0.25, 0.3) is 0 Å². The van der Waals surface area contributed by atoms with Crippen LogP contribution in [-0.4, -0.2) is 35.5 Å². The maximum Gasteiger partial charge on any atom is 0.200 e. The Morgan fingerprint density at radius 3 is 1.14 bits per heavy atom. The van der Waals surface area contributed by atoms with E-state index in [0.29, 0.717) is 26.2 Å². The lowest BCUT2D eigenvalue weighted by Gasteiger charge is -2.37. The zero-order valence-corrected chi connectivity index (χ0v) is 14.0. The second kappa shape index (κ2) is 8.18. The number of benzene rings is 1. The Hall–Kier alpha value is -0.780. The third-order valence-corrected chi connectivity index (χ3v) is 6.38. The van der Waals surface area contributed by atoms with Gasteiger partial charge in [-0.15, -0.1) is 0 Å². The minimum absolute atomic E-state index is 0.443. The van der Waals surface area contributed by atoms with E-state index in [-0.39, 0.29) is 0 Å². The lowest BCUT2D eigenvalue weighted by Crippen LogP contribution is -2.37. The molecule has 2 nitrogen and oxygen atoms in total. The lowest BCUT2D eigenvalue weighted by molar-refractivity contribution is 0.379. The summed E-state index contributed by atoms with van der Waals surface area (Å²) in [4.78, 5) is 0. The first kappa shape index (κ1) is 19.3. The molecule has 22 heavy (non-hydrogen) atoms. The van der Waals surface area contributed by atoms with E-state index in [2.05, 4.69) is 0 Å². The van der Waals surface area contributed by atoms with Gasteiger partial charge in [-0.1, -0.05) is 27.7 Å². The zero-order valence-electron chi connectivity index (χ0n) is 13.1. The number of hydrogen-bond acceptors (Lipinski definition) is 2. The predicted molar refractivity (Wildman–Crippen MR) is 78.6 cm³/mol. The van der Waals surface area contributed by atoms with E-state index >= 15 is 0 Å². The fourth-order valence-electron chi connectivity index (χ4n) is 2.21. The Balaban J connectivity index is 3.62. The molecule has 1 aromatic rings. The molecular weight excluding hydrogens is 322 g/mol. The molecular formula is C14H20F5N2P. The molecule has 0 atom stereocenters. The van der Waals surface area contributed by atoms with Crippen molar-refractivity contribution < 1.29 is 22.0 Å². The molecule has 0 aliphatic carbocycles. The third kappa shape index (κ3) is 3.42. The molecule has 0 N–H and O–H groups in total. The minimum atomic E-state index is -2.12. The number of rotatable bonds is 7. The van der Waals surface area contributed by atoms with E-state index in [1.807, 2.05) is 0 Å². The summed E-state index contributed by atoms with van der Waals surface area (Å²) in [6.07, 6.45) is 0. The number of hydrogen-bond donors (Lipinski definition) is 0. The first-order chi connectivity index (χ1) is 10.3. The van der Waals surface area contributed by atoms with E-state index in [0.717, 1.165) is 0 Å². The van der Waals surface area contributed by atoms with Gasteiger partial charge in [0.1, 0.15) is 0 Å². The molecule has 126 valence electrons. The van der Waals surface area contributed by atoms with Gasteiger partial charge in [0, 0.05) is 26.2 Å². The van der Waals surface area contributed by atoms with Crippen molar-refractivity contribution in [2.75, 3.05) is 26.2 Å². The van der Waals surface area contributed by atoms with Crippen LogP contribution in [0.2, 0.25) is 0 Å². The van der Waals surface area contributed by atoms with Gasteiger partial charge in [-0.2, -0.15) is 0 Å². The Kier molecular flexibility index (Phi) is 7.16. The standard InChI is InChI=1S/C14H20F5N2P/c1-5-20(6-2)22(21(7-3)8-4)14-12(18)10(16)9(15)11(17)13(14)19/h5-8H2,1-4H3. The quantitative estimate of drug-likeness (QED) is 0.320. The molecule has 0 heterocycles. The highest BCUT2D eigenvalue weighted by molar-refractivity contribution is 7.61. The second-order valence-corrected chi connectivity index (χ2v) is 6.64. The van der Waals surface area contributed by atoms with Crippen molar-refractivity contribution in [3.63, 3.8) is 0 Å². The van der Waals surface area contributed by atoms with Crippen molar-refractivity contribution in [1.82, 2.24) is 9.34 Å². The summed E-state index contributed by atoms with van der Waals surface area (Å²) in [5.41, 5.74) is 0. The largest absolute Gasteiger partial charge is 0.267 e. The summed E-state index contributed by atoms with van der Waals surface area (Å²) < 4.78 is 72.0. The van der Waals surface area contributed by atoms with Gasteiger partial charge in [0.15, 0.2) is 23.3 Å². The van der Waals surface area contributed by atoms with Crippen molar-refractivity contribution in [1.29, 1.82) is 0 Å². The Morgan fingerprint density at radius 2 is 0.864 bits per heavy atom. The summed E-state index contributed by atoms with van der Waals surface area (Å²) >= 11 is 0. The lowest BCUT2D eigenvalue weighted by atomic mass is 10.3. The van der Waals surface area contributed by atoms with E-state index in [9.17, 15) is 22.0 Å². The van der Waals surface area contributed by atoms with E-state index < -0.39 is 42.6 Å². The maximum absolute atomic E-state index is 14.2. The molecule has 0 bridgehead atoms. The monoisotopic (exact) mass is 342 g/mol. The van der Waals surface area contributed by atoms with Crippen molar-refractivity contribution in [2.24, 2.45) is 0 Å². The highest BCUT2D eigenvalue weighted by atomic mass is 31.1.